The Balaban J connectivity index is 1.53. The van der Waals surface area contributed by atoms with Crippen molar-refractivity contribution in [3.63, 3.8) is 0 Å². The van der Waals surface area contributed by atoms with Crippen LogP contribution in [0.3, 0.4) is 0 Å². The molecule has 0 aliphatic rings. The number of fused-ring (bicyclic) bond motifs is 6. The maximum Gasteiger partial charge on any atom is 0.109 e. The zero-order valence-electron chi connectivity index (χ0n) is 21.1. The molecular formula is C30H30N6. The Morgan fingerprint density at radius 2 is 1.06 bits per heavy atom. The van der Waals surface area contributed by atoms with Gasteiger partial charge < -0.3 is 9.97 Å². The van der Waals surface area contributed by atoms with Crippen LogP contribution in [-0.2, 0) is 0 Å². The predicted octanol–water partition coefficient (Wildman–Crippen LogP) is 7.74. The van der Waals surface area contributed by atoms with Crippen molar-refractivity contribution in [3.05, 3.63) is 72.8 Å². The van der Waals surface area contributed by atoms with E-state index in [2.05, 4.69) is 84.0 Å². The molecule has 3 aromatic heterocycles. The number of aromatic amines is 2. The van der Waals surface area contributed by atoms with E-state index >= 15 is 0 Å². The molecule has 0 fully saturated rings. The van der Waals surface area contributed by atoms with E-state index in [1.165, 1.54) is 10.8 Å². The van der Waals surface area contributed by atoms with Crippen LogP contribution in [0, 0.1) is 0 Å². The van der Waals surface area contributed by atoms with E-state index in [0.717, 1.165) is 68.8 Å². The van der Waals surface area contributed by atoms with Crippen molar-refractivity contribution in [2.24, 2.45) is 0 Å². The molecule has 0 saturated heterocycles. The first-order valence-corrected chi connectivity index (χ1v) is 12.8. The number of nitrogens with one attached hydrogen (secondary N) is 2. The van der Waals surface area contributed by atoms with Crippen LogP contribution in [-0.4, -0.2) is 29.9 Å². The van der Waals surface area contributed by atoms with Gasteiger partial charge in [-0.3, -0.25) is 9.97 Å². The summed E-state index contributed by atoms with van der Waals surface area (Å²) in [6.07, 6.45) is 9.51. The summed E-state index contributed by atoms with van der Waals surface area (Å²) in [5.41, 5.74) is 6.06. The molecule has 0 saturated carbocycles. The molecule has 0 aliphatic carbocycles. The van der Waals surface area contributed by atoms with Crippen molar-refractivity contribution in [3.8, 4) is 22.5 Å². The summed E-state index contributed by atoms with van der Waals surface area (Å²) in [5, 5.41) is 4.52. The summed E-state index contributed by atoms with van der Waals surface area (Å²) in [6, 6.07) is 13.1. The van der Waals surface area contributed by atoms with Crippen LogP contribution in [0.1, 0.15) is 64.0 Å². The second-order valence-corrected chi connectivity index (χ2v) is 9.76. The lowest BCUT2D eigenvalue weighted by Crippen LogP contribution is -1.94. The zero-order chi connectivity index (χ0) is 24.8. The highest BCUT2D eigenvalue weighted by Gasteiger charge is 2.15. The van der Waals surface area contributed by atoms with Crippen LogP contribution >= 0.6 is 0 Å². The molecule has 6 nitrogen and oxygen atoms in total. The monoisotopic (exact) mass is 474 g/mol. The van der Waals surface area contributed by atoms with E-state index in [4.69, 9.17) is 9.97 Å². The Morgan fingerprint density at radius 3 is 1.47 bits per heavy atom. The van der Waals surface area contributed by atoms with Crippen LogP contribution in [0.2, 0.25) is 0 Å². The lowest BCUT2D eigenvalue weighted by atomic mass is 9.95. The van der Waals surface area contributed by atoms with Gasteiger partial charge in [-0.2, -0.15) is 0 Å². The number of imidazole rings is 2. The smallest absolute Gasteiger partial charge is 0.109 e. The summed E-state index contributed by atoms with van der Waals surface area (Å²) in [5.74, 6) is 2.86. The fraction of sp³-hybridized carbons (Fsp3) is 0.267. The summed E-state index contributed by atoms with van der Waals surface area (Å²) >= 11 is 0. The fourth-order valence-corrected chi connectivity index (χ4v) is 4.87. The SMILES string of the molecule is CCC(C)c1ncc(-c2ccc3c4ccc(-c5cnc(C(C)CC)[nH]5)cc4c4nccnc4c3c2)[nH]1. The molecule has 180 valence electrons. The Kier molecular flexibility index (Phi) is 5.52. The van der Waals surface area contributed by atoms with Crippen molar-refractivity contribution in [1.29, 1.82) is 0 Å². The molecule has 2 N–H and O–H groups in total. The van der Waals surface area contributed by atoms with Gasteiger partial charge in [0, 0.05) is 46.1 Å². The Bertz CT molecular complexity index is 1560. The standard InChI is InChI=1S/C30H30N6/c1-5-17(3)29-33-15-25(35-29)19-7-9-21-22-10-8-20(26-16-34-30(36-26)18(4)6-2)14-24(22)28-27(23(21)13-19)31-11-12-32-28/h7-18H,5-6H2,1-4H3,(H,33,35)(H,34,36). The third kappa shape index (κ3) is 3.65. The number of hydrogen-bond acceptors (Lipinski definition) is 4. The second kappa shape index (κ2) is 8.86. The van der Waals surface area contributed by atoms with Gasteiger partial charge >= 0.3 is 0 Å². The largest absolute Gasteiger partial charge is 0.342 e. The molecule has 0 aliphatic heterocycles. The fourth-order valence-electron chi connectivity index (χ4n) is 4.87. The van der Waals surface area contributed by atoms with Gasteiger partial charge in [0.15, 0.2) is 0 Å². The number of benzene rings is 3. The Morgan fingerprint density at radius 1 is 0.611 bits per heavy atom. The molecule has 0 amide bonds. The van der Waals surface area contributed by atoms with Crippen LogP contribution in [0.4, 0.5) is 0 Å². The molecule has 2 unspecified atom stereocenters. The molecule has 36 heavy (non-hydrogen) atoms. The van der Waals surface area contributed by atoms with Gasteiger partial charge in [0.1, 0.15) is 11.6 Å². The predicted molar refractivity (Wildman–Crippen MR) is 147 cm³/mol. The van der Waals surface area contributed by atoms with E-state index < -0.39 is 0 Å². The van der Waals surface area contributed by atoms with Gasteiger partial charge in [-0.25, -0.2) is 9.97 Å². The molecule has 6 rings (SSSR count). The second-order valence-electron chi connectivity index (χ2n) is 9.76. The normalized spacial score (nSPS) is 13.6. The Hall–Kier alpha value is -4.06. The van der Waals surface area contributed by atoms with Gasteiger partial charge in [-0.1, -0.05) is 52.0 Å². The number of rotatable bonds is 6. The quantitative estimate of drug-likeness (QED) is 0.242. The van der Waals surface area contributed by atoms with Crippen molar-refractivity contribution in [1.82, 2.24) is 29.9 Å². The first-order chi connectivity index (χ1) is 17.6. The molecule has 6 aromatic rings. The molecule has 3 heterocycles. The molecule has 3 aromatic carbocycles. The molecular weight excluding hydrogens is 444 g/mol. The first kappa shape index (κ1) is 22.4. The minimum atomic E-state index is 0.403. The van der Waals surface area contributed by atoms with E-state index in [0.29, 0.717) is 11.8 Å². The third-order valence-corrected chi connectivity index (χ3v) is 7.51. The number of hydrogen-bond donors (Lipinski definition) is 2. The topological polar surface area (TPSA) is 83.1 Å². The van der Waals surface area contributed by atoms with E-state index in [1.807, 2.05) is 12.4 Å². The van der Waals surface area contributed by atoms with Gasteiger partial charge in [0.25, 0.3) is 0 Å². The van der Waals surface area contributed by atoms with Crippen LogP contribution in [0.15, 0.2) is 61.2 Å². The van der Waals surface area contributed by atoms with Crippen molar-refractivity contribution >= 4 is 32.6 Å². The van der Waals surface area contributed by atoms with Gasteiger partial charge in [0.05, 0.1) is 34.8 Å². The summed E-state index contributed by atoms with van der Waals surface area (Å²) in [6.45, 7) is 8.75. The summed E-state index contributed by atoms with van der Waals surface area (Å²) in [4.78, 5) is 25.8. The third-order valence-electron chi connectivity index (χ3n) is 7.51. The molecule has 2 atom stereocenters. The average Bonchev–Trinajstić information content (AvgIpc) is 3.63. The minimum Gasteiger partial charge on any atom is -0.342 e. The van der Waals surface area contributed by atoms with Crippen LogP contribution in [0.5, 0.6) is 0 Å². The lowest BCUT2D eigenvalue weighted by molar-refractivity contribution is 0.689. The zero-order valence-corrected chi connectivity index (χ0v) is 21.1. The molecule has 6 heteroatoms. The van der Waals surface area contributed by atoms with Gasteiger partial charge in [-0.15, -0.1) is 0 Å². The lowest BCUT2D eigenvalue weighted by Gasteiger charge is -2.11. The molecule has 0 radical (unpaired) electrons. The molecule has 0 bridgehead atoms. The van der Waals surface area contributed by atoms with E-state index in [9.17, 15) is 0 Å². The first-order valence-electron chi connectivity index (χ1n) is 12.8. The maximum absolute atomic E-state index is 4.77. The van der Waals surface area contributed by atoms with E-state index in [1.54, 1.807) is 12.4 Å². The van der Waals surface area contributed by atoms with Crippen molar-refractivity contribution in [2.45, 2.75) is 52.4 Å². The molecule has 0 spiro atoms. The highest BCUT2D eigenvalue weighted by Crippen LogP contribution is 2.37. The summed E-state index contributed by atoms with van der Waals surface area (Å²) in [7, 11) is 0. The van der Waals surface area contributed by atoms with Crippen molar-refractivity contribution < 1.29 is 0 Å². The van der Waals surface area contributed by atoms with Gasteiger partial charge in [-0.05, 0) is 35.7 Å². The van der Waals surface area contributed by atoms with Crippen molar-refractivity contribution in [2.75, 3.05) is 0 Å². The van der Waals surface area contributed by atoms with Gasteiger partial charge in [0.2, 0.25) is 0 Å². The van der Waals surface area contributed by atoms with Crippen LogP contribution < -0.4 is 0 Å². The minimum absolute atomic E-state index is 0.403. The Labute approximate surface area is 210 Å². The maximum atomic E-state index is 4.77. The average molecular weight is 475 g/mol. The highest BCUT2D eigenvalue weighted by atomic mass is 14.9. The number of aromatic nitrogens is 6. The van der Waals surface area contributed by atoms with E-state index in [-0.39, 0.29) is 0 Å². The highest BCUT2D eigenvalue weighted by molar-refractivity contribution is 6.24. The number of H-pyrrole nitrogens is 2. The summed E-state index contributed by atoms with van der Waals surface area (Å²) < 4.78 is 0. The number of nitrogens with zero attached hydrogens (tertiary/aromatic N) is 4. The van der Waals surface area contributed by atoms with Crippen LogP contribution in [0.25, 0.3) is 55.1 Å².